The number of ether oxygens (including phenoxy) is 1. The first-order valence-electron chi connectivity index (χ1n) is 15.2. The molecule has 0 radical (unpaired) electrons. The summed E-state index contributed by atoms with van der Waals surface area (Å²) in [6.45, 7) is 4.30. The molecule has 0 aromatic rings. The maximum absolute atomic E-state index is 13.1. The van der Waals surface area contributed by atoms with Crippen LogP contribution in [-0.4, -0.2) is 75.0 Å². The molecule has 7 nitrogen and oxygen atoms in total. The summed E-state index contributed by atoms with van der Waals surface area (Å²) in [6, 6.07) is 0. The maximum atomic E-state index is 13.1. The molecule has 0 aromatic heterocycles. The lowest BCUT2D eigenvalue weighted by Gasteiger charge is -2.44. The average Bonchev–Trinajstić information content (AvgIpc) is 2.90. The molecule has 218 valence electrons. The van der Waals surface area contributed by atoms with E-state index < -0.39 is 37.3 Å². The predicted octanol–water partition coefficient (Wildman–Crippen LogP) is 5.23. The summed E-state index contributed by atoms with van der Waals surface area (Å²) >= 11 is 0. The third-order valence-corrected chi connectivity index (χ3v) is 7.40. The van der Waals surface area contributed by atoms with E-state index in [2.05, 4.69) is 26.0 Å². The Morgan fingerprint density at radius 1 is 0.703 bits per heavy atom. The van der Waals surface area contributed by atoms with E-state index in [1.165, 1.54) is 56.3 Å². The van der Waals surface area contributed by atoms with Crippen molar-refractivity contribution in [2.24, 2.45) is 0 Å². The van der Waals surface area contributed by atoms with Crippen LogP contribution in [0.3, 0.4) is 0 Å². The Bertz CT molecular complexity index is 584. The Balaban J connectivity index is 2.33. The van der Waals surface area contributed by atoms with Crippen LogP contribution in [0, 0.1) is 0 Å². The molecule has 0 spiro atoms. The SMILES string of the molecule is CCCCCCCCC=CCCCCCCCC(=O)N(CCCCCC)C1O[C@H](CO)[C@@H](O)[C@H](O)[C@H]1O. The second-order valence-corrected chi connectivity index (χ2v) is 10.7. The molecule has 7 heteroatoms. The highest BCUT2D eigenvalue weighted by atomic mass is 16.6. The molecule has 1 rings (SSSR count). The number of aliphatic hydroxyl groups excluding tert-OH is 4. The molecule has 37 heavy (non-hydrogen) atoms. The second kappa shape index (κ2) is 21.9. The van der Waals surface area contributed by atoms with Gasteiger partial charge in [0, 0.05) is 13.0 Å². The van der Waals surface area contributed by atoms with Gasteiger partial charge in [0.2, 0.25) is 5.91 Å². The van der Waals surface area contributed by atoms with Gasteiger partial charge in [-0.1, -0.05) is 96.6 Å². The molecule has 0 aliphatic carbocycles. The Morgan fingerprint density at radius 3 is 1.78 bits per heavy atom. The van der Waals surface area contributed by atoms with Crippen molar-refractivity contribution in [3.05, 3.63) is 12.2 Å². The lowest BCUT2D eigenvalue weighted by Crippen LogP contribution is -2.64. The lowest BCUT2D eigenvalue weighted by atomic mass is 9.97. The van der Waals surface area contributed by atoms with Gasteiger partial charge in [0.05, 0.1) is 6.61 Å². The Kier molecular flexibility index (Phi) is 20.1. The molecular formula is C30H57NO6. The van der Waals surface area contributed by atoms with Crippen molar-refractivity contribution < 1.29 is 30.0 Å². The largest absolute Gasteiger partial charge is 0.394 e. The average molecular weight is 528 g/mol. The van der Waals surface area contributed by atoms with E-state index in [4.69, 9.17) is 4.74 Å². The first kappa shape index (κ1) is 34.0. The number of aliphatic hydroxyl groups is 4. The standard InChI is InChI=1S/C30H57NO6/c1-3-5-7-9-10-11-12-13-14-15-16-17-18-19-20-22-26(33)31(23-21-8-6-4-2)30-29(36)28(35)27(34)25(24-32)37-30/h13-14,25,27-30,32,34-36H,3-12,15-24H2,1-2H3/t25-,27-,28+,29-,30?/m1/s1. The number of carbonyl (C=O) groups excluding carboxylic acids is 1. The van der Waals surface area contributed by atoms with Crippen LogP contribution in [-0.2, 0) is 9.53 Å². The highest BCUT2D eigenvalue weighted by Crippen LogP contribution is 2.25. The highest BCUT2D eigenvalue weighted by molar-refractivity contribution is 5.76. The summed E-state index contributed by atoms with van der Waals surface area (Å²) in [4.78, 5) is 14.6. The van der Waals surface area contributed by atoms with Crippen molar-refractivity contribution in [3.63, 3.8) is 0 Å². The van der Waals surface area contributed by atoms with Gasteiger partial charge in [0.15, 0.2) is 6.23 Å². The number of amides is 1. The van der Waals surface area contributed by atoms with E-state index in [0.717, 1.165) is 57.8 Å². The van der Waals surface area contributed by atoms with E-state index in [1.54, 1.807) is 0 Å². The molecular weight excluding hydrogens is 470 g/mol. The predicted molar refractivity (Wildman–Crippen MR) is 149 cm³/mol. The monoisotopic (exact) mass is 527 g/mol. The third-order valence-electron chi connectivity index (χ3n) is 7.40. The molecule has 1 unspecified atom stereocenters. The first-order chi connectivity index (χ1) is 18.0. The minimum atomic E-state index is -1.47. The number of hydrogen-bond donors (Lipinski definition) is 4. The van der Waals surface area contributed by atoms with Crippen molar-refractivity contribution in [1.82, 2.24) is 4.90 Å². The minimum absolute atomic E-state index is 0.113. The van der Waals surface area contributed by atoms with Crippen molar-refractivity contribution in [3.8, 4) is 0 Å². The Morgan fingerprint density at radius 2 is 1.22 bits per heavy atom. The molecule has 1 amide bonds. The fourth-order valence-corrected chi connectivity index (χ4v) is 4.93. The third kappa shape index (κ3) is 14.1. The molecule has 0 saturated carbocycles. The van der Waals surface area contributed by atoms with E-state index in [1.807, 2.05) is 0 Å². The zero-order valence-corrected chi connectivity index (χ0v) is 23.7. The van der Waals surface area contributed by atoms with Crippen LogP contribution in [0.5, 0.6) is 0 Å². The van der Waals surface area contributed by atoms with Crippen molar-refractivity contribution in [1.29, 1.82) is 0 Å². The van der Waals surface area contributed by atoms with Gasteiger partial charge in [0.25, 0.3) is 0 Å². The van der Waals surface area contributed by atoms with E-state index in [9.17, 15) is 25.2 Å². The number of rotatable bonds is 22. The Labute approximate surface area is 226 Å². The highest BCUT2D eigenvalue weighted by Gasteiger charge is 2.46. The van der Waals surface area contributed by atoms with Crippen LogP contribution in [0.1, 0.15) is 129 Å². The van der Waals surface area contributed by atoms with Gasteiger partial charge < -0.3 is 30.1 Å². The van der Waals surface area contributed by atoms with Gasteiger partial charge in [-0.25, -0.2) is 0 Å². The smallest absolute Gasteiger partial charge is 0.224 e. The summed E-state index contributed by atoms with van der Waals surface area (Å²) in [5.41, 5.74) is 0. The molecule has 1 fully saturated rings. The summed E-state index contributed by atoms with van der Waals surface area (Å²) in [5, 5.41) is 40.3. The lowest BCUT2D eigenvalue weighted by molar-refractivity contribution is -0.262. The zero-order valence-electron chi connectivity index (χ0n) is 23.7. The van der Waals surface area contributed by atoms with E-state index in [0.29, 0.717) is 13.0 Å². The van der Waals surface area contributed by atoms with Crippen LogP contribution in [0.15, 0.2) is 12.2 Å². The number of nitrogens with zero attached hydrogens (tertiary/aromatic N) is 1. The van der Waals surface area contributed by atoms with Crippen molar-refractivity contribution in [2.45, 2.75) is 160 Å². The fraction of sp³-hybridized carbons (Fsp3) is 0.900. The summed E-state index contributed by atoms with van der Waals surface area (Å²) in [7, 11) is 0. The van der Waals surface area contributed by atoms with Gasteiger partial charge in [0.1, 0.15) is 24.4 Å². The summed E-state index contributed by atoms with van der Waals surface area (Å²) in [5.74, 6) is -0.113. The maximum Gasteiger partial charge on any atom is 0.224 e. The number of allylic oxidation sites excluding steroid dienone is 2. The van der Waals surface area contributed by atoms with Gasteiger partial charge in [-0.2, -0.15) is 0 Å². The summed E-state index contributed by atoms with van der Waals surface area (Å²) < 4.78 is 5.69. The number of hydrogen-bond acceptors (Lipinski definition) is 6. The van der Waals surface area contributed by atoms with E-state index >= 15 is 0 Å². The van der Waals surface area contributed by atoms with Crippen LogP contribution in [0.2, 0.25) is 0 Å². The quantitative estimate of drug-likeness (QED) is 0.113. The van der Waals surface area contributed by atoms with E-state index in [-0.39, 0.29) is 5.91 Å². The van der Waals surface area contributed by atoms with Gasteiger partial charge in [-0.3, -0.25) is 4.79 Å². The van der Waals surface area contributed by atoms with Crippen LogP contribution >= 0.6 is 0 Å². The molecule has 1 aliphatic rings. The fourth-order valence-electron chi connectivity index (χ4n) is 4.93. The second-order valence-electron chi connectivity index (χ2n) is 10.7. The molecule has 0 aromatic carbocycles. The molecule has 1 heterocycles. The topological polar surface area (TPSA) is 110 Å². The molecule has 0 bridgehead atoms. The summed E-state index contributed by atoms with van der Waals surface area (Å²) in [6.07, 6.45) is 18.0. The molecule has 5 atom stereocenters. The number of unbranched alkanes of at least 4 members (excludes halogenated alkanes) is 14. The van der Waals surface area contributed by atoms with Crippen LogP contribution in [0.4, 0.5) is 0 Å². The van der Waals surface area contributed by atoms with Gasteiger partial charge >= 0.3 is 0 Å². The molecule has 4 N–H and O–H groups in total. The normalized spacial score (nSPS) is 24.1. The molecule has 1 saturated heterocycles. The number of carbonyl (C=O) groups is 1. The van der Waals surface area contributed by atoms with Crippen molar-refractivity contribution >= 4 is 5.91 Å². The molecule has 1 aliphatic heterocycles. The van der Waals surface area contributed by atoms with Gasteiger partial charge in [-0.05, 0) is 38.5 Å². The first-order valence-corrected chi connectivity index (χ1v) is 15.2. The van der Waals surface area contributed by atoms with Crippen molar-refractivity contribution in [2.75, 3.05) is 13.2 Å². The zero-order chi connectivity index (χ0) is 27.3. The van der Waals surface area contributed by atoms with Crippen LogP contribution < -0.4 is 0 Å². The Hall–Kier alpha value is -0.990. The minimum Gasteiger partial charge on any atom is -0.394 e. The van der Waals surface area contributed by atoms with Gasteiger partial charge in [-0.15, -0.1) is 0 Å². The van der Waals surface area contributed by atoms with Crippen LogP contribution in [0.25, 0.3) is 0 Å².